The third kappa shape index (κ3) is 3.31. The second kappa shape index (κ2) is 6.33. The maximum atomic E-state index is 12.6. The predicted molar refractivity (Wildman–Crippen MR) is 82.3 cm³/mol. The molecule has 118 valence electrons. The van der Waals surface area contributed by atoms with Crippen molar-refractivity contribution in [3.63, 3.8) is 0 Å². The lowest BCUT2D eigenvalue weighted by atomic mass is 9.87. The third-order valence-corrected chi connectivity index (χ3v) is 4.53. The molecular weight excluding hydrogens is 292 g/mol. The fourth-order valence-electron chi connectivity index (χ4n) is 3.01. The first-order chi connectivity index (χ1) is 11.1. The summed E-state index contributed by atoms with van der Waals surface area (Å²) >= 11 is 0. The van der Waals surface area contributed by atoms with Gasteiger partial charge in [-0.15, -0.1) is 0 Å². The van der Waals surface area contributed by atoms with Crippen LogP contribution >= 0.6 is 0 Å². The second-order valence-electron chi connectivity index (χ2n) is 6.34. The number of likely N-dealkylation sites (tertiary alicyclic amines) is 1. The Labute approximate surface area is 134 Å². The average Bonchev–Trinajstić information content (AvgIpc) is 3.31. The van der Waals surface area contributed by atoms with E-state index < -0.39 is 23.4 Å². The van der Waals surface area contributed by atoms with Gasteiger partial charge in [-0.25, -0.2) is 0 Å². The summed E-state index contributed by atoms with van der Waals surface area (Å²) in [6, 6.07) is 10.2. The summed E-state index contributed by atoms with van der Waals surface area (Å²) in [5.74, 6) is -2.25. The monoisotopic (exact) mass is 310 g/mol. The van der Waals surface area contributed by atoms with Gasteiger partial charge in [-0.05, 0) is 18.8 Å². The van der Waals surface area contributed by atoms with E-state index in [4.69, 9.17) is 0 Å². The SMILES string of the molecule is N#C[C@H](C(=O)c1ccccc1)C(=O)[C@@H]1CC(=O)N(CC2CC2)C1. The lowest BCUT2D eigenvalue weighted by molar-refractivity contribution is -0.129. The van der Waals surface area contributed by atoms with Gasteiger partial charge in [0.25, 0.3) is 0 Å². The Kier molecular flexibility index (Phi) is 4.24. The first-order valence-electron chi connectivity index (χ1n) is 7.90. The Morgan fingerprint density at radius 3 is 2.57 bits per heavy atom. The van der Waals surface area contributed by atoms with Gasteiger partial charge in [0, 0.05) is 31.0 Å². The van der Waals surface area contributed by atoms with Crippen LogP contribution in [0.2, 0.25) is 0 Å². The van der Waals surface area contributed by atoms with Crippen LogP contribution in [0.5, 0.6) is 0 Å². The van der Waals surface area contributed by atoms with Crippen LogP contribution in [0.1, 0.15) is 29.6 Å². The number of carbonyl (C=O) groups is 3. The predicted octanol–water partition coefficient (Wildman–Crippen LogP) is 1.84. The number of nitriles is 1. The van der Waals surface area contributed by atoms with Crippen LogP contribution in [0.25, 0.3) is 0 Å². The van der Waals surface area contributed by atoms with E-state index in [-0.39, 0.29) is 12.3 Å². The number of amides is 1. The van der Waals surface area contributed by atoms with Crippen molar-refractivity contribution < 1.29 is 14.4 Å². The van der Waals surface area contributed by atoms with Crippen molar-refractivity contribution in [1.29, 1.82) is 5.26 Å². The number of ketones is 2. The summed E-state index contributed by atoms with van der Waals surface area (Å²) in [5.41, 5.74) is 0.353. The van der Waals surface area contributed by atoms with Gasteiger partial charge >= 0.3 is 0 Å². The zero-order chi connectivity index (χ0) is 16.4. The van der Waals surface area contributed by atoms with Crippen molar-refractivity contribution in [2.45, 2.75) is 19.3 Å². The molecule has 3 rings (SSSR count). The topological polar surface area (TPSA) is 78.2 Å². The van der Waals surface area contributed by atoms with E-state index in [0.717, 1.165) is 12.8 Å². The molecule has 0 N–H and O–H groups in total. The van der Waals surface area contributed by atoms with E-state index >= 15 is 0 Å². The van der Waals surface area contributed by atoms with E-state index in [0.29, 0.717) is 24.6 Å². The quantitative estimate of drug-likeness (QED) is 0.593. The van der Waals surface area contributed by atoms with Crippen LogP contribution in [0.4, 0.5) is 0 Å². The van der Waals surface area contributed by atoms with Crippen molar-refractivity contribution in [3.05, 3.63) is 35.9 Å². The zero-order valence-corrected chi connectivity index (χ0v) is 12.8. The molecule has 0 bridgehead atoms. The van der Waals surface area contributed by atoms with E-state index in [1.165, 1.54) is 0 Å². The van der Waals surface area contributed by atoms with Crippen LogP contribution in [0.3, 0.4) is 0 Å². The fourth-order valence-corrected chi connectivity index (χ4v) is 3.01. The molecule has 1 aliphatic heterocycles. The molecule has 1 aromatic rings. The van der Waals surface area contributed by atoms with Crippen LogP contribution in [-0.4, -0.2) is 35.5 Å². The molecular formula is C18H18N2O3. The van der Waals surface area contributed by atoms with Gasteiger partial charge in [0.1, 0.15) is 0 Å². The first-order valence-corrected chi connectivity index (χ1v) is 7.90. The van der Waals surface area contributed by atoms with Gasteiger partial charge in [0.15, 0.2) is 17.5 Å². The number of benzene rings is 1. The molecule has 1 aromatic carbocycles. The maximum absolute atomic E-state index is 12.6. The minimum atomic E-state index is -1.32. The lowest BCUT2D eigenvalue weighted by Gasteiger charge is -2.16. The molecule has 5 nitrogen and oxygen atoms in total. The molecule has 1 aliphatic carbocycles. The van der Waals surface area contributed by atoms with Gasteiger partial charge in [-0.1, -0.05) is 30.3 Å². The summed E-state index contributed by atoms with van der Waals surface area (Å²) < 4.78 is 0. The molecule has 1 saturated heterocycles. The molecule has 0 radical (unpaired) electrons. The molecule has 2 atom stereocenters. The molecule has 0 unspecified atom stereocenters. The van der Waals surface area contributed by atoms with E-state index in [1.807, 2.05) is 6.07 Å². The first kappa shape index (κ1) is 15.4. The molecule has 1 saturated carbocycles. The Hall–Kier alpha value is -2.48. The molecule has 0 aromatic heterocycles. The highest BCUT2D eigenvalue weighted by Gasteiger charge is 2.41. The second-order valence-corrected chi connectivity index (χ2v) is 6.34. The van der Waals surface area contributed by atoms with Gasteiger partial charge < -0.3 is 4.90 Å². The number of rotatable bonds is 6. The highest BCUT2D eigenvalue weighted by Crippen LogP contribution is 2.32. The van der Waals surface area contributed by atoms with E-state index in [9.17, 15) is 19.6 Å². The molecule has 1 heterocycles. The molecule has 2 fully saturated rings. The molecule has 5 heteroatoms. The van der Waals surface area contributed by atoms with E-state index in [2.05, 4.69) is 0 Å². The van der Waals surface area contributed by atoms with Crippen molar-refractivity contribution in [1.82, 2.24) is 4.90 Å². The highest BCUT2D eigenvalue weighted by atomic mass is 16.2. The molecule has 2 aliphatic rings. The van der Waals surface area contributed by atoms with E-state index in [1.54, 1.807) is 35.2 Å². The number of hydrogen-bond donors (Lipinski definition) is 0. The Balaban J connectivity index is 1.69. The standard InChI is InChI=1S/C18H18N2O3/c19-9-15(17(22)13-4-2-1-3-5-13)18(23)14-8-16(21)20(11-14)10-12-6-7-12/h1-5,12,14-15H,6-8,10-11H2/t14-,15-/m1/s1. The number of carbonyl (C=O) groups excluding carboxylic acids is 3. The summed E-state index contributed by atoms with van der Waals surface area (Å²) in [5, 5.41) is 9.29. The lowest BCUT2D eigenvalue weighted by Crippen LogP contribution is -2.32. The number of hydrogen-bond acceptors (Lipinski definition) is 4. The minimum Gasteiger partial charge on any atom is -0.342 e. The minimum absolute atomic E-state index is 0.0425. The van der Waals surface area contributed by atoms with Gasteiger partial charge in [0.2, 0.25) is 5.91 Å². The van der Waals surface area contributed by atoms with Crippen molar-refractivity contribution in [2.24, 2.45) is 17.8 Å². The molecule has 23 heavy (non-hydrogen) atoms. The largest absolute Gasteiger partial charge is 0.342 e. The molecule has 0 spiro atoms. The summed E-state index contributed by atoms with van der Waals surface area (Å²) in [6.45, 7) is 1.04. The average molecular weight is 310 g/mol. The van der Waals surface area contributed by atoms with Crippen molar-refractivity contribution in [3.8, 4) is 6.07 Å². The van der Waals surface area contributed by atoms with Crippen LogP contribution in [-0.2, 0) is 9.59 Å². The summed E-state index contributed by atoms with van der Waals surface area (Å²) in [4.78, 5) is 38.7. The highest BCUT2D eigenvalue weighted by molar-refractivity contribution is 6.14. The smallest absolute Gasteiger partial charge is 0.223 e. The summed E-state index contributed by atoms with van der Waals surface area (Å²) in [6.07, 6.45) is 2.39. The Morgan fingerprint density at radius 1 is 1.26 bits per heavy atom. The number of Topliss-reactive ketones (excluding diaryl/α,β-unsaturated/α-hetero) is 2. The van der Waals surface area contributed by atoms with Crippen molar-refractivity contribution >= 4 is 17.5 Å². The van der Waals surface area contributed by atoms with Gasteiger partial charge in [-0.2, -0.15) is 5.26 Å². The van der Waals surface area contributed by atoms with Crippen LogP contribution < -0.4 is 0 Å². The fraction of sp³-hybridized carbons (Fsp3) is 0.444. The zero-order valence-electron chi connectivity index (χ0n) is 12.8. The third-order valence-electron chi connectivity index (χ3n) is 4.53. The van der Waals surface area contributed by atoms with Gasteiger partial charge in [-0.3, -0.25) is 14.4 Å². The normalized spacial score (nSPS) is 21.8. The van der Waals surface area contributed by atoms with Gasteiger partial charge in [0.05, 0.1) is 6.07 Å². The molecule has 1 amide bonds. The van der Waals surface area contributed by atoms with Crippen LogP contribution in [0.15, 0.2) is 30.3 Å². The van der Waals surface area contributed by atoms with Crippen molar-refractivity contribution in [2.75, 3.05) is 13.1 Å². The van der Waals surface area contributed by atoms with Crippen LogP contribution in [0, 0.1) is 29.1 Å². The maximum Gasteiger partial charge on any atom is 0.223 e. The summed E-state index contributed by atoms with van der Waals surface area (Å²) in [7, 11) is 0. The Morgan fingerprint density at radius 2 is 1.96 bits per heavy atom. The number of nitrogens with zero attached hydrogens (tertiary/aromatic N) is 2. The Bertz CT molecular complexity index is 673.